The molecule has 2 aromatic carbocycles. The Morgan fingerprint density at radius 3 is 2.84 bits per heavy atom. The first kappa shape index (κ1) is 32.1. The van der Waals surface area contributed by atoms with Gasteiger partial charge in [-0.2, -0.15) is 0 Å². The van der Waals surface area contributed by atoms with Crippen LogP contribution in [0.2, 0.25) is 0 Å². The summed E-state index contributed by atoms with van der Waals surface area (Å²) in [5, 5.41) is 21.1. The molecule has 2 aliphatic heterocycles. The Bertz CT molecular complexity index is 1560. The molecule has 11 nitrogen and oxygen atoms in total. The zero-order valence-electron chi connectivity index (χ0n) is 25.2. The van der Waals surface area contributed by atoms with Gasteiger partial charge in [0.05, 0.1) is 11.7 Å². The number of anilines is 1. The summed E-state index contributed by atoms with van der Waals surface area (Å²) in [7, 11) is 1.58. The van der Waals surface area contributed by atoms with Crippen molar-refractivity contribution in [2.45, 2.75) is 50.7 Å². The average molecular weight is 637 g/mol. The first-order valence-electron chi connectivity index (χ1n) is 14.8. The second-order valence-electron chi connectivity index (χ2n) is 11.0. The lowest BCUT2D eigenvalue weighted by Crippen LogP contribution is -2.47. The number of carbonyl (C=O) groups excluding carboxylic acids is 2. The molecule has 0 aliphatic carbocycles. The van der Waals surface area contributed by atoms with Crippen molar-refractivity contribution in [3.05, 3.63) is 76.3 Å². The third kappa shape index (κ3) is 8.04. The van der Waals surface area contributed by atoms with E-state index in [0.717, 1.165) is 49.1 Å². The Morgan fingerprint density at radius 1 is 1.27 bits per heavy atom. The summed E-state index contributed by atoms with van der Waals surface area (Å²) in [4.78, 5) is 29.8. The molecule has 3 heterocycles. The van der Waals surface area contributed by atoms with Crippen LogP contribution < -0.4 is 30.7 Å². The summed E-state index contributed by atoms with van der Waals surface area (Å²) in [6.07, 6.45) is 7.81. The summed E-state index contributed by atoms with van der Waals surface area (Å²) >= 11 is 1.35. The Labute approximate surface area is 265 Å². The maximum absolute atomic E-state index is 15.2. The van der Waals surface area contributed by atoms with Crippen molar-refractivity contribution in [2.75, 3.05) is 32.1 Å². The number of benzene rings is 2. The number of nitrogens with zero attached hydrogens (tertiary/aromatic N) is 1. The van der Waals surface area contributed by atoms with Gasteiger partial charge in [-0.05, 0) is 74.1 Å². The van der Waals surface area contributed by atoms with Crippen molar-refractivity contribution in [1.29, 1.82) is 5.41 Å². The molecule has 5 N–H and O–H groups in total. The number of fused-ring (bicyclic) bond motifs is 1. The van der Waals surface area contributed by atoms with Crippen molar-refractivity contribution in [2.24, 2.45) is 0 Å². The number of amides is 2. The highest BCUT2D eigenvalue weighted by molar-refractivity contribution is 7.13. The molecule has 0 saturated carbocycles. The molecular formula is C32H37FN6O5S. The number of thiazole rings is 1. The Kier molecular flexibility index (Phi) is 10.4. The molecule has 45 heavy (non-hydrogen) atoms. The highest BCUT2D eigenvalue weighted by Crippen LogP contribution is 2.41. The Morgan fingerprint density at radius 2 is 2.13 bits per heavy atom. The van der Waals surface area contributed by atoms with E-state index in [1.54, 1.807) is 18.6 Å². The van der Waals surface area contributed by atoms with Crippen LogP contribution in [0.1, 0.15) is 54.1 Å². The fourth-order valence-corrected chi connectivity index (χ4v) is 6.01. The summed E-state index contributed by atoms with van der Waals surface area (Å²) in [5.41, 5.74) is 0.975. The number of rotatable bonds is 12. The van der Waals surface area contributed by atoms with Crippen LogP contribution in [0, 0.1) is 11.2 Å². The largest absolute Gasteiger partial charge is 0.487 e. The molecule has 3 aromatic rings. The quantitative estimate of drug-likeness (QED) is 0.177. The van der Waals surface area contributed by atoms with E-state index < -0.39 is 17.3 Å². The average Bonchev–Trinajstić information content (AvgIpc) is 3.53. The molecule has 13 heteroatoms. The number of hydrogen-bond acceptors (Lipinski definition) is 10. The number of aromatic nitrogens is 1. The van der Waals surface area contributed by atoms with Crippen LogP contribution in [0.3, 0.4) is 0 Å². The van der Waals surface area contributed by atoms with Gasteiger partial charge in [-0.25, -0.2) is 9.37 Å². The highest BCUT2D eigenvalue weighted by atomic mass is 32.1. The molecule has 0 spiro atoms. The molecule has 2 atom stereocenters. The van der Waals surface area contributed by atoms with Crippen molar-refractivity contribution in [1.82, 2.24) is 20.9 Å². The van der Waals surface area contributed by atoms with Gasteiger partial charge in [0.1, 0.15) is 24.0 Å². The minimum Gasteiger partial charge on any atom is -0.487 e. The number of ether oxygens (including phenoxy) is 3. The van der Waals surface area contributed by atoms with Crippen molar-refractivity contribution < 1.29 is 28.2 Å². The van der Waals surface area contributed by atoms with Crippen LogP contribution >= 0.6 is 11.3 Å². The maximum atomic E-state index is 15.2. The summed E-state index contributed by atoms with van der Waals surface area (Å²) in [6.45, 7) is 3.66. The third-order valence-corrected chi connectivity index (χ3v) is 8.43. The lowest BCUT2D eigenvalue weighted by molar-refractivity contribution is -0.117. The van der Waals surface area contributed by atoms with Gasteiger partial charge in [0.2, 0.25) is 5.91 Å². The van der Waals surface area contributed by atoms with Gasteiger partial charge in [0.25, 0.3) is 5.91 Å². The van der Waals surface area contributed by atoms with Crippen LogP contribution in [0.4, 0.5) is 9.52 Å². The molecule has 1 fully saturated rings. The molecular weight excluding hydrogens is 599 g/mol. The van der Waals surface area contributed by atoms with Gasteiger partial charge in [-0.1, -0.05) is 0 Å². The predicted octanol–water partition coefficient (Wildman–Crippen LogP) is 4.85. The SMILES string of the molecule is CN/C(=C\C=N)NC(=O)c1ccc(Oc2cc3c(cc2OCC2CCCCO2)CCN[C@]3(C)CC(=O)Nc2nccs2)cc1F. The van der Waals surface area contributed by atoms with Gasteiger partial charge in [-0.15, -0.1) is 11.3 Å². The van der Waals surface area contributed by atoms with E-state index >= 15 is 4.39 Å². The zero-order chi connectivity index (χ0) is 31.8. The first-order valence-corrected chi connectivity index (χ1v) is 15.7. The fourth-order valence-electron chi connectivity index (χ4n) is 5.46. The fraction of sp³-hybridized carbons (Fsp3) is 0.375. The van der Waals surface area contributed by atoms with Crippen LogP contribution in [0.15, 0.2) is 53.8 Å². The van der Waals surface area contributed by atoms with E-state index in [4.69, 9.17) is 19.6 Å². The van der Waals surface area contributed by atoms with E-state index in [0.29, 0.717) is 36.4 Å². The topological polar surface area (TPSA) is 147 Å². The summed E-state index contributed by atoms with van der Waals surface area (Å²) < 4.78 is 33.5. The molecule has 0 bridgehead atoms. The Hall–Kier alpha value is -4.33. The van der Waals surface area contributed by atoms with E-state index in [-0.39, 0.29) is 35.6 Å². The first-order chi connectivity index (χ1) is 21.8. The molecule has 238 valence electrons. The normalized spacial score (nSPS) is 19.6. The minimum absolute atomic E-state index is 0.0384. The van der Waals surface area contributed by atoms with Crippen molar-refractivity contribution in [3.8, 4) is 17.2 Å². The number of hydrogen-bond donors (Lipinski definition) is 5. The third-order valence-electron chi connectivity index (χ3n) is 7.75. The van der Waals surface area contributed by atoms with Crippen molar-refractivity contribution >= 4 is 34.5 Å². The zero-order valence-corrected chi connectivity index (χ0v) is 26.0. The second-order valence-corrected chi connectivity index (χ2v) is 11.9. The van der Waals surface area contributed by atoms with Gasteiger partial charge in [0, 0.05) is 56.0 Å². The molecule has 0 radical (unpaired) electrons. The number of halogens is 1. The monoisotopic (exact) mass is 636 g/mol. The van der Waals surface area contributed by atoms with Crippen molar-refractivity contribution in [3.63, 3.8) is 0 Å². The van der Waals surface area contributed by atoms with Gasteiger partial charge < -0.3 is 40.9 Å². The predicted molar refractivity (Wildman–Crippen MR) is 170 cm³/mol. The smallest absolute Gasteiger partial charge is 0.259 e. The van der Waals surface area contributed by atoms with Crippen LogP contribution in [0.25, 0.3) is 0 Å². The Balaban J connectivity index is 1.42. The van der Waals surface area contributed by atoms with E-state index in [9.17, 15) is 9.59 Å². The standard InChI is InChI=1S/C32H37FN6O5S/c1-32(18-29(40)39-31-36-12-14-45-31)24-17-27(26(15-20(24)9-11-37-32)43-19-22-5-3-4-13-42-22)44-21-6-7-23(25(33)16-21)30(41)38-28(35-2)8-10-34/h6-8,10,12,14-17,22,34-35,37H,3-5,9,11,13,18-19H2,1-2H3,(H,38,41)(H,36,39,40)/b28-8+,34-10?/t22?,32-/m1/s1. The number of allylic oxidation sites excluding steroid dienone is 1. The van der Waals surface area contributed by atoms with Crippen LogP contribution in [-0.2, 0) is 21.5 Å². The second kappa shape index (κ2) is 14.6. The van der Waals surface area contributed by atoms with E-state index in [1.807, 2.05) is 19.1 Å². The van der Waals surface area contributed by atoms with E-state index in [2.05, 4.69) is 26.3 Å². The van der Waals surface area contributed by atoms with E-state index in [1.165, 1.54) is 29.5 Å². The molecule has 5 rings (SSSR count). The molecule has 1 saturated heterocycles. The summed E-state index contributed by atoms with van der Waals surface area (Å²) in [6, 6.07) is 7.75. The van der Waals surface area contributed by atoms with Gasteiger partial charge in [-0.3, -0.25) is 9.59 Å². The summed E-state index contributed by atoms with van der Waals surface area (Å²) in [5.74, 6) is -0.387. The van der Waals surface area contributed by atoms with Crippen LogP contribution in [0.5, 0.6) is 17.2 Å². The number of nitrogens with one attached hydrogen (secondary N) is 5. The van der Waals surface area contributed by atoms with Gasteiger partial charge in [0.15, 0.2) is 16.6 Å². The molecule has 2 amide bonds. The maximum Gasteiger partial charge on any atom is 0.259 e. The molecule has 1 unspecified atom stereocenters. The highest BCUT2D eigenvalue weighted by Gasteiger charge is 2.36. The van der Waals surface area contributed by atoms with Crippen LogP contribution in [-0.4, -0.2) is 55.9 Å². The minimum atomic E-state index is -0.781. The lowest BCUT2D eigenvalue weighted by Gasteiger charge is -2.37. The number of carbonyl (C=O) groups is 2. The molecule has 1 aromatic heterocycles. The molecule has 2 aliphatic rings. The van der Waals surface area contributed by atoms with Gasteiger partial charge >= 0.3 is 0 Å². The lowest BCUT2D eigenvalue weighted by atomic mass is 9.81.